The molecule has 0 saturated carbocycles. The number of nitrogens with zero attached hydrogens (tertiary/aromatic N) is 1. The number of nitrogens with one attached hydrogen (secondary N) is 1. The molecule has 0 bridgehead atoms. The van der Waals surface area contributed by atoms with Gasteiger partial charge in [0.05, 0.1) is 27.0 Å². The molecule has 0 radical (unpaired) electrons. The number of ether oxygens (including phenoxy) is 3. The Hall–Kier alpha value is -3.24. The Bertz CT molecular complexity index is 1210. The molecular formula is C22H24N2O6S2. The summed E-state index contributed by atoms with van der Waals surface area (Å²) in [6.07, 6.45) is 0. The van der Waals surface area contributed by atoms with E-state index in [0.717, 1.165) is 21.2 Å². The van der Waals surface area contributed by atoms with Crippen LogP contribution >= 0.6 is 11.3 Å². The summed E-state index contributed by atoms with van der Waals surface area (Å²) in [4.78, 5) is 13.0. The Kier molecular flexibility index (Phi) is 6.95. The number of aryl methyl sites for hydroxylation is 1. The average molecular weight is 477 g/mol. The lowest BCUT2D eigenvalue weighted by Gasteiger charge is -2.20. The van der Waals surface area contributed by atoms with Crippen LogP contribution in [0.25, 0.3) is 0 Å². The van der Waals surface area contributed by atoms with Gasteiger partial charge in [-0.05, 0) is 36.1 Å². The number of carbonyl (C=O) groups is 1. The largest absolute Gasteiger partial charge is 0.493 e. The zero-order valence-electron chi connectivity index (χ0n) is 18.3. The fourth-order valence-corrected chi connectivity index (χ4v) is 5.60. The van der Waals surface area contributed by atoms with Gasteiger partial charge in [0, 0.05) is 24.9 Å². The third kappa shape index (κ3) is 4.51. The first-order valence-electron chi connectivity index (χ1n) is 9.47. The number of methoxy groups -OCH3 is 3. The van der Waals surface area contributed by atoms with E-state index in [4.69, 9.17) is 14.2 Å². The van der Waals surface area contributed by atoms with Crippen LogP contribution in [0.4, 0.5) is 11.4 Å². The summed E-state index contributed by atoms with van der Waals surface area (Å²) in [7, 11) is 1.92. The van der Waals surface area contributed by atoms with Crippen molar-refractivity contribution < 1.29 is 27.4 Å². The Morgan fingerprint density at radius 1 is 1.00 bits per heavy atom. The van der Waals surface area contributed by atoms with Crippen LogP contribution in [0.1, 0.15) is 15.2 Å². The van der Waals surface area contributed by atoms with Crippen molar-refractivity contribution >= 4 is 38.6 Å². The first-order chi connectivity index (χ1) is 15.2. The van der Waals surface area contributed by atoms with Gasteiger partial charge in [0.2, 0.25) is 5.75 Å². The minimum atomic E-state index is -3.96. The van der Waals surface area contributed by atoms with Crippen LogP contribution in [0.15, 0.2) is 52.7 Å². The van der Waals surface area contributed by atoms with Crippen molar-refractivity contribution in [1.82, 2.24) is 0 Å². The highest BCUT2D eigenvalue weighted by atomic mass is 32.2. The summed E-state index contributed by atoms with van der Waals surface area (Å²) in [5.74, 6) is 0.540. The highest BCUT2D eigenvalue weighted by molar-refractivity contribution is 7.93. The molecule has 0 aliphatic heterocycles. The zero-order valence-corrected chi connectivity index (χ0v) is 20.0. The quantitative estimate of drug-likeness (QED) is 0.525. The van der Waals surface area contributed by atoms with Crippen molar-refractivity contribution in [2.75, 3.05) is 38.0 Å². The Morgan fingerprint density at radius 2 is 1.66 bits per heavy atom. The van der Waals surface area contributed by atoms with Gasteiger partial charge in [0.25, 0.3) is 15.9 Å². The highest BCUT2D eigenvalue weighted by Gasteiger charge is 2.29. The van der Waals surface area contributed by atoms with Crippen molar-refractivity contribution in [1.29, 1.82) is 0 Å². The van der Waals surface area contributed by atoms with Gasteiger partial charge in [0.1, 0.15) is 9.77 Å². The second kappa shape index (κ2) is 9.49. The minimum absolute atomic E-state index is 0.0678. The van der Waals surface area contributed by atoms with E-state index in [-0.39, 0.29) is 9.77 Å². The number of sulfonamides is 1. The van der Waals surface area contributed by atoms with Crippen LogP contribution in [-0.2, 0) is 10.0 Å². The smallest absolute Gasteiger partial charge is 0.267 e. The van der Waals surface area contributed by atoms with E-state index in [9.17, 15) is 13.2 Å². The van der Waals surface area contributed by atoms with Gasteiger partial charge in [-0.3, -0.25) is 9.10 Å². The molecule has 170 valence electrons. The molecule has 1 N–H and O–H groups in total. The predicted molar refractivity (Wildman–Crippen MR) is 125 cm³/mol. The second-order valence-corrected chi connectivity index (χ2v) is 9.65. The molecule has 3 rings (SSSR count). The van der Waals surface area contributed by atoms with Gasteiger partial charge >= 0.3 is 0 Å². The molecule has 10 heteroatoms. The molecule has 1 amide bonds. The second-order valence-electron chi connectivity index (χ2n) is 6.79. The first-order valence-corrected chi connectivity index (χ1v) is 11.8. The number of rotatable bonds is 8. The van der Waals surface area contributed by atoms with Crippen LogP contribution in [-0.4, -0.2) is 42.7 Å². The van der Waals surface area contributed by atoms with Gasteiger partial charge in [-0.15, -0.1) is 11.3 Å². The standard InChI is InChI=1S/C22H24N2O6S2/c1-14-7-6-8-16(11-14)24(2)32(26,27)19-9-10-31-21(19)22(25)23-15-12-17(28-3)20(30-5)18(13-15)29-4/h6-13H,1-5H3,(H,23,25). The number of anilines is 2. The molecule has 0 unspecified atom stereocenters. The van der Waals surface area contributed by atoms with E-state index >= 15 is 0 Å². The van der Waals surface area contributed by atoms with Gasteiger partial charge in [0.15, 0.2) is 11.5 Å². The monoisotopic (exact) mass is 476 g/mol. The van der Waals surface area contributed by atoms with E-state index in [1.165, 1.54) is 34.4 Å². The number of benzene rings is 2. The summed E-state index contributed by atoms with van der Waals surface area (Å²) in [6, 6.07) is 11.7. The van der Waals surface area contributed by atoms with Gasteiger partial charge in [-0.25, -0.2) is 8.42 Å². The molecule has 32 heavy (non-hydrogen) atoms. The lowest BCUT2D eigenvalue weighted by molar-refractivity contribution is 0.102. The fraction of sp³-hybridized carbons (Fsp3) is 0.227. The van der Waals surface area contributed by atoms with E-state index in [0.29, 0.717) is 28.6 Å². The van der Waals surface area contributed by atoms with E-state index in [2.05, 4.69) is 5.32 Å². The van der Waals surface area contributed by atoms with E-state index in [1.54, 1.807) is 35.7 Å². The summed E-state index contributed by atoms with van der Waals surface area (Å²) in [6.45, 7) is 1.88. The van der Waals surface area contributed by atoms with Crippen molar-refractivity contribution in [3.63, 3.8) is 0 Å². The molecule has 2 aromatic carbocycles. The summed E-state index contributed by atoms with van der Waals surface area (Å²) in [5, 5.41) is 4.29. The van der Waals surface area contributed by atoms with Crippen molar-refractivity contribution in [2.45, 2.75) is 11.8 Å². The molecule has 8 nitrogen and oxygen atoms in total. The van der Waals surface area contributed by atoms with Gasteiger partial charge < -0.3 is 19.5 Å². The molecule has 0 fully saturated rings. The molecule has 0 saturated heterocycles. The van der Waals surface area contributed by atoms with Crippen molar-refractivity contribution in [2.24, 2.45) is 0 Å². The van der Waals surface area contributed by atoms with Crippen LogP contribution in [0, 0.1) is 6.92 Å². The number of carbonyl (C=O) groups excluding carboxylic acids is 1. The number of amides is 1. The Morgan fingerprint density at radius 3 is 2.22 bits per heavy atom. The van der Waals surface area contributed by atoms with E-state index in [1.807, 2.05) is 13.0 Å². The molecule has 0 aliphatic carbocycles. The molecule has 1 heterocycles. The van der Waals surface area contributed by atoms with Crippen molar-refractivity contribution in [3.05, 3.63) is 58.3 Å². The molecular weight excluding hydrogens is 452 g/mol. The number of hydrogen-bond donors (Lipinski definition) is 1. The third-order valence-corrected chi connectivity index (χ3v) is 7.63. The van der Waals surface area contributed by atoms with Crippen LogP contribution in [0.5, 0.6) is 17.2 Å². The molecule has 0 atom stereocenters. The molecule has 3 aromatic rings. The third-order valence-electron chi connectivity index (χ3n) is 4.76. The molecule has 1 aromatic heterocycles. The normalized spacial score (nSPS) is 11.0. The summed E-state index contributed by atoms with van der Waals surface area (Å²) >= 11 is 1.04. The van der Waals surface area contributed by atoms with Crippen LogP contribution < -0.4 is 23.8 Å². The SMILES string of the molecule is COc1cc(NC(=O)c2sccc2S(=O)(=O)N(C)c2cccc(C)c2)cc(OC)c1OC. The Balaban J connectivity index is 1.94. The lowest BCUT2D eigenvalue weighted by Crippen LogP contribution is -2.28. The minimum Gasteiger partial charge on any atom is -0.493 e. The molecule has 0 spiro atoms. The zero-order chi connectivity index (χ0) is 23.5. The average Bonchev–Trinajstić information content (AvgIpc) is 3.29. The maximum absolute atomic E-state index is 13.3. The van der Waals surface area contributed by atoms with E-state index < -0.39 is 15.9 Å². The first kappa shape index (κ1) is 23.4. The molecule has 0 aliphatic rings. The fourth-order valence-electron chi connectivity index (χ4n) is 3.12. The number of hydrogen-bond acceptors (Lipinski definition) is 7. The van der Waals surface area contributed by atoms with Crippen LogP contribution in [0.3, 0.4) is 0 Å². The van der Waals surface area contributed by atoms with Crippen molar-refractivity contribution in [3.8, 4) is 17.2 Å². The summed E-state index contributed by atoms with van der Waals surface area (Å²) in [5.41, 5.74) is 1.80. The maximum Gasteiger partial charge on any atom is 0.267 e. The van der Waals surface area contributed by atoms with Gasteiger partial charge in [-0.2, -0.15) is 0 Å². The highest BCUT2D eigenvalue weighted by Crippen LogP contribution is 2.40. The number of thiophene rings is 1. The Labute approximate surface area is 191 Å². The van der Waals surface area contributed by atoms with Crippen LogP contribution in [0.2, 0.25) is 0 Å². The predicted octanol–water partition coefficient (Wildman–Crippen LogP) is 4.16. The summed E-state index contributed by atoms with van der Waals surface area (Å²) < 4.78 is 43.6. The topological polar surface area (TPSA) is 94.2 Å². The van der Waals surface area contributed by atoms with Gasteiger partial charge in [-0.1, -0.05) is 12.1 Å². The lowest BCUT2D eigenvalue weighted by atomic mass is 10.2. The maximum atomic E-state index is 13.3.